The van der Waals surface area contributed by atoms with E-state index in [0.717, 1.165) is 16.7 Å². The zero-order valence-corrected chi connectivity index (χ0v) is 45.1. The molecule has 1 aromatic carbocycles. The van der Waals surface area contributed by atoms with Crippen molar-refractivity contribution in [1.82, 2.24) is 57.7 Å². The van der Waals surface area contributed by atoms with Crippen molar-refractivity contribution in [2.45, 2.75) is 152 Å². The maximum atomic E-state index is 14.8. The predicted molar refractivity (Wildman–Crippen MR) is 278 cm³/mol. The number of unbranched alkanes of at least 4 members (excludes halogenated alkanes) is 3. The second-order valence-electron chi connectivity index (χ2n) is 20.7. The van der Waals surface area contributed by atoms with Crippen molar-refractivity contribution in [1.29, 1.82) is 0 Å². The molecule has 3 aliphatic rings. The van der Waals surface area contributed by atoms with Crippen LogP contribution >= 0.6 is 11.8 Å². The summed E-state index contributed by atoms with van der Waals surface area (Å²) in [6.45, 7) is 7.83. The summed E-state index contributed by atoms with van der Waals surface area (Å²) >= 11 is 0.959. The van der Waals surface area contributed by atoms with Gasteiger partial charge >= 0.3 is 6.09 Å². The number of nitrogens with zero attached hydrogens (tertiary/aromatic N) is 1. The Labute approximate surface area is 449 Å². The van der Waals surface area contributed by atoms with E-state index in [1.165, 1.54) is 25.1 Å². The number of H-pyrrole nitrogens is 1. The molecule has 10 amide bonds. The fraction of sp³-hybridized carbons (Fsp3) is 0.640. The molecular weight excluding hydrogens is 1030 g/mol. The number of carbonyl (C=O) groups is 10. The second-order valence-corrected chi connectivity index (χ2v) is 21.7. The van der Waals surface area contributed by atoms with E-state index in [1.54, 1.807) is 34.6 Å². The highest BCUT2D eigenvalue weighted by Crippen LogP contribution is 2.33. The highest BCUT2D eigenvalue weighted by molar-refractivity contribution is 7.99. The lowest BCUT2D eigenvalue weighted by Gasteiger charge is -2.33. The minimum atomic E-state index is -1.74. The largest absolute Gasteiger partial charge is 0.508 e. The maximum absolute atomic E-state index is 14.8. The number of fused-ring (bicyclic) bond motifs is 5. The van der Waals surface area contributed by atoms with Crippen molar-refractivity contribution in [3.8, 4) is 5.75 Å². The minimum absolute atomic E-state index is 0.151. The molecule has 2 bridgehead atoms. The number of thioether (sulfide) groups is 1. The van der Waals surface area contributed by atoms with Gasteiger partial charge in [0.1, 0.15) is 47.6 Å². The highest BCUT2D eigenvalue weighted by atomic mass is 32.2. The number of aliphatic hydroxyl groups is 3. The zero-order valence-electron chi connectivity index (χ0n) is 44.2. The monoisotopic (exact) mass is 1100 g/mol. The van der Waals surface area contributed by atoms with Gasteiger partial charge in [-0.05, 0) is 57.2 Å². The molecule has 77 heavy (non-hydrogen) atoms. The van der Waals surface area contributed by atoms with Crippen LogP contribution in [0.1, 0.15) is 92.1 Å². The number of hydrogen-bond acceptors (Lipinski definition) is 16. The number of aromatic nitrogens is 1. The number of alkyl carbamates (subject to hydrolysis) is 1. The van der Waals surface area contributed by atoms with Crippen LogP contribution in [0.3, 0.4) is 0 Å². The summed E-state index contributed by atoms with van der Waals surface area (Å²) in [7, 11) is 0. The Morgan fingerprint density at radius 2 is 1.48 bits per heavy atom. The molecule has 27 heteroatoms. The molecule has 2 aromatic rings. The van der Waals surface area contributed by atoms with Gasteiger partial charge in [0.25, 0.3) is 0 Å². The fourth-order valence-corrected chi connectivity index (χ4v) is 10.1. The normalized spacial score (nSPS) is 24.8. The van der Waals surface area contributed by atoms with Crippen LogP contribution in [0.25, 0.3) is 10.9 Å². The lowest BCUT2D eigenvalue weighted by Crippen LogP contribution is -2.62. The highest BCUT2D eigenvalue weighted by Gasteiger charge is 2.45. The van der Waals surface area contributed by atoms with Crippen LogP contribution in [0.15, 0.2) is 23.2 Å². The van der Waals surface area contributed by atoms with Gasteiger partial charge in [-0.3, -0.25) is 43.2 Å². The number of aromatic amines is 1. The number of phenols is 1. The molecule has 3 aliphatic heterocycles. The SMILES string of the molecule is CC[C@H](C)[C@@H]1NC(=O)CNC(=O)C2Cc3c([nH]c4cc(O)ccc34)SCC(NC(=O)CNC1=O)C(=O)N[C@@H](CC(=O)NCCCCCCNC(=O)OC(C)(C)C)C(=O)N1CC(O)C[C@H]1C(=O)N[C@@H]([C@@H](C)[C@@H](O)CO)C(=O)N2. The summed E-state index contributed by atoms with van der Waals surface area (Å²) in [5.41, 5.74) is 0.0328. The maximum Gasteiger partial charge on any atom is 0.407 e. The predicted octanol–water partition coefficient (Wildman–Crippen LogP) is -2.22. The smallest absolute Gasteiger partial charge is 0.407 e. The van der Waals surface area contributed by atoms with Gasteiger partial charge in [-0.25, -0.2) is 4.79 Å². The van der Waals surface area contributed by atoms with Crippen LogP contribution < -0.4 is 47.9 Å². The van der Waals surface area contributed by atoms with Crippen LogP contribution in [-0.2, 0) is 54.3 Å². The van der Waals surface area contributed by atoms with E-state index in [0.29, 0.717) is 55.1 Å². The van der Waals surface area contributed by atoms with Crippen molar-refractivity contribution in [2.75, 3.05) is 45.1 Å². The minimum Gasteiger partial charge on any atom is -0.508 e. The van der Waals surface area contributed by atoms with Gasteiger partial charge in [0, 0.05) is 55.6 Å². The van der Waals surface area contributed by atoms with Gasteiger partial charge in [-0.15, -0.1) is 11.8 Å². The third-order valence-electron chi connectivity index (χ3n) is 13.5. The van der Waals surface area contributed by atoms with Crippen molar-refractivity contribution in [2.24, 2.45) is 11.8 Å². The molecule has 10 atom stereocenters. The number of aromatic hydroxyl groups is 1. The third-order valence-corrected chi connectivity index (χ3v) is 14.6. The summed E-state index contributed by atoms with van der Waals surface area (Å²) in [6, 6.07) is -5.08. The molecular formula is C50H75N11O15S. The third kappa shape index (κ3) is 17.7. The van der Waals surface area contributed by atoms with Crippen LogP contribution in [0.2, 0.25) is 0 Å². The average molecular weight is 1100 g/mol. The standard InChI is InChI=1S/C50H75N11O15S/c1-7-25(2)40-45(72)54-20-38(67)55-34-24-77-47-30(29-13-12-27(63)16-31(29)58-47)18-32(42(69)53-21-39(68)59-40)56-46(73)41(26(3)36(65)23-62)60-44(71)35-17-28(64)22-61(35)48(74)33(57-43(34)70)19-37(66)51-14-10-8-9-11-15-52-49(75)76-50(4,5)6/h12-13,16,25-26,28,32-36,40-41,58,62-65H,7-11,14-15,17-24H2,1-6H3,(H,51,66)(H,52,75)(H,53,69)(H,54,72)(H,55,67)(H,56,73)(H,57,70)(H,59,68)(H,60,71)/t25-,26-,28?,32?,33-,34?,35-,36-,40-,41-/m0/s1. The number of benzene rings is 1. The van der Waals surface area contributed by atoms with Gasteiger partial charge in [0.05, 0.1) is 48.9 Å². The van der Waals surface area contributed by atoms with E-state index in [4.69, 9.17) is 4.74 Å². The van der Waals surface area contributed by atoms with E-state index in [1.807, 2.05) is 0 Å². The number of nitrogens with one attached hydrogen (secondary N) is 10. The first-order valence-corrected chi connectivity index (χ1v) is 26.9. The van der Waals surface area contributed by atoms with E-state index in [-0.39, 0.29) is 35.9 Å². The molecule has 0 saturated carbocycles. The van der Waals surface area contributed by atoms with Crippen molar-refractivity contribution < 1.29 is 73.1 Å². The van der Waals surface area contributed by atoms with Crippen LogP contribution in [0.4, 0.5) is 4.79 Å². The number of hydrogen-bond donors (Lipinski definition) is 14. The number of carbonyl (C=O) groups excluding carboxylic acids is 10. The Bertz CT molecular complexity index is 2490. The lowest BCUT2D eigenvalue weighted by atomic mass is 9.93. The van der Waals surface area contributed by atoms with Crippen molar-refractivity contribution >= 4 is 81.9 Å². The molecule has 426 valence electrons. The molecule has 0 spiro atoms. The summed E-state index contributed by atoms with van der Waals surface area (Å²) in [5, 5.41) is 66.4. The van der Waals surface area contributed by atoms with Gasteiger partial charge in [0.2, 0.25) is 53.2 Å². The van der Waals surface area contributed by atoms with Gasteiger partial charge < -0.3 is 82.9 Å². The average Bonchev–Trinajstić information content (AvgIpc) is 3.96. The summed E-state index contributed by atoms with van der Waals surface area (Å²) in [5.74, 6) is -10.4. The van der Waals surface area contributed by atoms with E-state index >= 15 is 0 Å². The van der Waals surface area contributed by atoms with E-state index in [9.17, 15) is 68.4 Å². The Balaban J connectivity index is 1.56. The van der Waals surface area contributed by atoms with Gasteiger partial charge in [-0.1, -0.05) is 40.0 Å². The molecule has 26 nitrogen and oxygen atoms in total. The lowest BCUT2D eigenvalue weighted by molar-refractivity contribution is -0.144. The summed E-state index contributed by atoms with van der Waals surface area (Å²) < 4.78 is 5.24. The van der Waals surface area contributed by atoms with Crippen molar-refractivity contribution in [3.63, 3.8) is 0 Å². The van der Waals surface area contributed by atoms with E-state index < -0.39 is 158 Å². The number of phenolic OH excluding ortho intramolecular Hbond substituents is 1. The number of aliphatic hydroxyl groups excluding tert-OH is 3. The Morgan fingerprint density at radius 3 is 2.14 bits per heavy atom. The summed E-state index contributed by atoms with van der Waals surface area (Å²) in [6.07, 6.45) is -2.08. The molecule has 14 N–H and O–H groups in total. The quantitative estimate of drug-likeness (QED) is 0.0892. The van der Waals surface area contributed by atoms with Crippen molar-refractivity contribution in [3.05, 3.63) is 23.8 Å². The first-order chi connectivity index (χ1) is 36.4. The molecule has 1 saturated heterocycles. The first-order valence-electron chi connectivity index (χ1n) is 25.9. The van der Waals surface area contributed by atoms with E-state index in [2.05, 4.69) is 52.8 Å². The fourth-order valence-electron chi connectivity index (χ4n) is 8.95. The van der Waals surface area contributed by atoms with Crippen LogP contribution in [0, 0.1) is 11.8 Å². The number of ether oxygens (including phenoxy) is 1. The molecule has 5 rings (SSSR count). The van der Waals surface area contributed by atoms with Crippen LogP contribution in [-0.4, -0.2) is 189 Å². The number of rotatable bonds is 14. The number of amides is 10. The molecule has 0 radical (unpaired) electrons. The molecule has 1 aromatic heterocycles. The molecule has 4 heterocycles. The zero-order chi connectivity index (χ0) is 56.7. The Hall–Kier alpha value is -6.71. The molecule has 1 fully saturated rings. The Morgan fingerprint density at radius 1 is 0.818 bits per heavy atom. The molecule has 3 unspecified atom stereocenters. The topological polar surface area (TPSA) is 388 Å². The Kier molecular flexibility index (Phi) is 22.3. The summed E-state index contributed by atoms with van der Waals surface area (Å²) in [4.78, 5) is 143. The second kappa shape index (κ2) is 28.1. The van der Waals surface area contributed by atoms with Crippen LogP contribution in [0.5, 0.6) is 5.75 Å². The first kappa shape index (κ1) is 61.1. The van der Waals surface area contributed by atoms with Gasteiger partial charge in [0.15, 0.2) is 0 Å². The van der Waals surface area contributed by atoms with Gasteiger partial charge in [-0.2, -0.15) is 0 Å². The molecule has 0 aliphatic carbocycles.